The van der Waals surface area contributed by atoms with Crippen molar-refractivity contribution in [2.45, 2.75) is 24.3 Å². The number of carboxylic acids is 1. The first-order valence-corrected chi connectivity index (χ1v) is 7.60. The van der Waals surface area contributed by atoms with Crippen LogP contribution in [0.4, 0.5) is 5.82 Å². The zero-order valence-electron chi connectivity index (χ0n) is 10.8. The van der Waals surface area contributed by atoms with Crippen molar-refractivity contribution in [3.05, 3.63) is 23.9 Å². The molecule has 2 unspecified atom stereocenters. The second-order valence-electron chi connectivity index (χ2n) is 4.82. The minimum Gasteiger partial charge on any atom is -0.478 e. The largest absolute Gasteiger partial charge is 0.478 e. The number of carboxylic acid groups (broad SMARTS) is 1. The van der Waals surface area contributed by atoms with Crippen LogP contribution in [0.1, 0.15) is 24.2 Å². The maximum atomic E-state index is 11.9. The van der Waals surface area contributed by atoms with Gasteiger partial charge in [-0.25, -0.2) is 18.2 Å². The summed E-state index contributed by atoms with van der Waals surface area (Å²) in [4.78, 5) is 16.9. The Kier molecular flexibility index (Phi) is 3.49. The zero-order chi connectivity index (χ0) is 14.2. The van der Waals surface area contributed by atoms with Gasteiger partial charge in [0.1, 0.15) is 5.82 Å². The predicted molar refractivity (Wildman–Crippen MR) is 71.3 cm³/mol. The van der Waals surface area contributed by atoms with Crippen LogP contribution in [0.2, 0.25) is 0 Å². The van der Waals surface area contributed by atoms with E-state index in [0.29, 0.717) is 18.9 Å². The lowest BCUT2D eigenvalue weighted by molar-refractivity contribution is 0.0696. The molecule has 19 heavy (non-hydrogen) atoms. The van der Waals surface area contributed by atoms with E-state index in [0.717, 1.165) is 0 Å². The van der Waals surface area contributed by atoms with Gasteiger partial charge in [-0.15, -0.1) is 0 Å². The van der Waals surface area contributed by atoms with Gasteiger partial charge in [0, 0.05) is 19.3 Å². The molecule has 1 N–H and O–H groups in total. The number of sulfone groups is 1. The smallest absolute Gasteiger partial charge is 0.335 e. The van der Waals surface area contributed by atoms with Crippen LogP contribution in [0.25, 0.3) is 0 Å². The summed E-state index contributed by atoms with van der Waals surface area (Å²) in [5.41, 5.74) is 0.152. The fourth-order valence-corrected chi connectivity index (χ4v) is 3.78. The number of carbonyl (C=O) groups is 1. The molecule has 0 saturated carbocycles. The quantitative estimate of drug-likeness (QED) is 0.864. The van der Waals surface area contributed by atoms with Gasteiger partial charge in [-0.2, -0.15) is 0 Å². The van der Waals surface area contributed by atoms with Crippen LogP contribution in [0.15, 0.2) is 18.3 Å². The van der Waals surface area contributed by atoms with Gasteiger partial charge in [0.2, 0.25) is 0 Å². The van der Waals surface area contributed by atoms with Gasteiger partial charge >= 0.3 is 5.97 Å². The molecule has 2 heterocycles. The summed E-state index contributed by atoms with van der Waals surface area (Å²) in [6, 6.07) is 2.89. The summed E-state index contributed by atoms with van der Waals surface area (Å²) in [6.45, 7) is 4.00. The Morgan fingerprint density at radius 3 is 2.47 bits per heavy atom. The number of aromatic nitrogens is 1. The Hall–Kier alpha value is -1.63. The molecule has 1 aromatic heterocycles. The topological polar surface area (TPSA) is 87.6 Å². The van der Waals surface area contributed by atoms with Crippen molar-refractivity contribution in [3.63, 3.8) is 0 Å². The monoisotopic (exact) mass is 284 g/mol. The van der Waals surface area contributed by atoms with E-state index in [1.165, 1.54) is 18.3 Å². The Bertz CT molecular complexity index is 582. The number of anilines is 1. The fraction of sp³-hybridized carbons (Fsp3) is 0.500. The SMILES string of the molecule is CC1CN(c2cc(C(=O)O)ccn2)CC(C)S1(=O)=O. The lowest BCUT2D eigenvalue weighted by Gasteiger charge is -2.35. The van der Waals surface area contributed by atoms with E-state index in [1.54, 1.807) is 13.8 Å². The first kappa shape index (κ1) is 13.8. The van der Waals surface area contributed by atoms with Crippen molar-refractivity contribution in [1.82, 2.24) is 4.98 Å². The van der Waals surface area contributed by atoms with Crippen molar-refractivity contribution >= 4 is 21.6 Å². The van der Waals surface area contributed by atoms with Gasteiger partial charge in [0.25, 0.3) is 0 Å². The second-order valence-corrected chi connectivity index (χ2v) is 7.61. The number of nitrogens with zero attached hydrogens (tertiary/aromatic N) is 2. The van der Waals surface area contributed by atoms with Gasteiger partial charge in [0.15, 0.2) is 9.84 Å². The summed E-state index contributed by atoms with van der Waals surface area (Å²) in [5, 5.41) is 7.99. The normalized spacial score (nSPS) is 26.1. The lowest BCUT2D eigenvalue weighted by atomic mass is 10.2. The molecule has 0 bridgehead atoms. The molecule has 0 aliphatic carbocycles. The van der Waals surface area contributed by atoms with Gasteiger partial charge in [-0.1, -0.05) is 0 Å². The van der Waals surface area contributed by atoms with Crippen LogP contribution < -0.4 is 4.90 Å². The Morgan fingerprint density at radius 1 is 1.37 bits per heavy atom. The van der Waals surface area contributed by atoms with E-state index in [-0.39, 0.29) is 5.56 Å². The molecular formula is C12H16N2O4S. The van der Waals surface area contributed by atoms with Crippen LogP contribution >= 0.6 is 0 Å². The van der Waals surface area contributed by atoms with Crippen molar-refractivity contribution < 1.29 is 18.3 Å². The van der Waals surface area contributed by atoms with Crippen LogP contribution in [0.3, 0.4) is 0 Å². The summed E-state index contributed by atoms with van der Waals surface area (Å²) in [7, 11) is -3.09. The van der Waals surface area contributed by atoms with E-state index in [4.69, 9.17) is 5.11 Å². The minimum atomic E-state index is -3.09. The fourth-order valence-electron chi connectivity index (χ4n) is 2.21. The van der Waals surface area contributed by atoms with Crippen molar-refractivity contribution in [1.29, 1.82) is 0 Å². The molecular weight excluding hydrogens is 268 g/mol. The van der Waals surface area contributed by atoms with E-state index < -0.39 is 26.3 Å². The highest BCUT2D eigenvalue weighted by Gasteiger charge is 2.36. The maximum Gasteiger partial charge on any atom is 0.335 e. The van der Waals surface area contributed by atoms with E-state index in [2.05, 4.69) is 4.98 Å². The van der Waals surface area contributed by atoms with Crippen molar-refractivity contribution in [3.8, 4) is 0 Å². The van der Waals surface area contributed by atoms with E-state index in [1.807, 2.05) is 4.90 Å². The highest BCUT2D eigenvalue weighted by atomic mass is 32.2. The van der Waals surface area contributed by atoms with Crippen molar-refractivity contribution in [2.24, 2.45) is 0 Å². The van der Waals surface area contributed by atoms with Crippen LogP contribution in [0, 0.1) is 0 Å². The highest BCUT2D eigenvalue weighted by Crippen LogP contribution is 2.23. The molecule has 1 saturated heterocycles. The van der Waals surface area contributed by atoms with Crippen molar-refractivity contribution in [2.75, 3.05) is 18.0 Å². The molecule has 104 valence electrons. The minimum absolute atomic E-state index is 0.152. The summed E-state index contributed by atoms with van der Waals surface area (Å²) in [6.07, 6.45) is 1.43. The van der Waals surface area contributed by atoms with Crippen LogP contribution in [0.5, 0.6) is 0 Å². The first-order valence-electron chi connectivity index (χ1n) is 5.99. The van der Waals surface area contributed by atoms with Gasteiger partial charge < -0.3 is 10.0 Å². The molecule has 0 aromatic carbocycles. The average molecular weight is 284 g/mol. The first-order chi connectivity index (χ1) is 8.82. The predicted octanol–water partition coefficient (Wildman–Crippen LogP) is 0.792. The summed E-state index contributed by atoms with van der Waals surface area (Å²) >= 11 is 0. The Morgan fingerprint density at radius 2 is 1.95 bits per heavy atom. The number of pyridine rings is 1. The molecule has 2 atom stereocenters. The number of rotatable bonds is 2. The zero-order valence-corrected chi connectivity index (χ0v) is 11.6. The van der Waals surface area contributed by atoms with E-state index in [9.17, 15) is 13.2 Å². The molecule has 1 fully saturated rings. The van der Waals surface area contributed by atoms with E-state index >= 15 is 0 Å². The highest BCUT2D eigenvalue weighted by molar-refractivity contribution is 7.92. The average Bonchev–Trinajstić information content (AvgIpc) is 2.36. The molecule has 7 heteroatoms. The van der Waals surface area contributed by atoms with Crippen LogP contribution in [-0.2, 0) is 9.84 Å². The Balaban J connectivity index is 2.29. The molecule has 0 radical (unpaired) electrons. The third-order valence-corrected chi connectivity index (χ3v) is 5.93. The lowest BCUT2D eigenvalue weighted by Crippen LogP contribution is -2.50. The number of hydrogen-bond acceptors (Lipinski definition) is 5. The molecule has 6 nitrogen and oxygen atoms in total. The third-order valence-electron chi connectivity index (χ3n) is 3.39. The Labute approximate surface area is 112 Å². The third kappa shape index (κ3) is 2.56. The summed E-state index contributed by atoms with van der Waals surface area (Å²) < 4.78 is 23.8. The summed E-state index contributed by atoms with van der Waals surface area (Å²) in [5.74, 6) is -0.511. The number of hydrogen-bond donors (Lipinski definition) is 1. The molecule has 1 aliphatic heterocycles. The second kappa shape index (κ2) is 4.80. The molecule has 0 amide bonds. The van der Waals surface area contributed by atoms with Gasteiger partial charge in [-0.3, -0.25) is 0 Å². The maximum absolute atomic E-state index is 11.9. The van der Waals surface area contributed by atoms with Gasteiger partial charge in [-0.05, 0) is 26.0 Å². The molecule has 2 rings (SSSR count). The standard InChI is InChI=1S/C12H16N2O4S/c1-8-6-14(7-9(2)19(8,17)18)11-5-10(12(15)16)3-4-13-11/h3-5,8-9H,6-7H2,1-2H3,(H,15,16). The molecule has 0 spiro atoms. The van der Waals surface area contributed by atoms with Gasteiger partial charge in [0.05, 0.1) is 16.1 Å². The molecule has 1 aromatic rings. The van der Waals surface area contributed by atoms with Crippen LogP contribution in [-0.4, -0.2) is 48.1 Å². The number of aromatic carboxylic acids is 1. The molecule has 1 aliphatic rings.